The van der Waals surface area contributed by atoms with Gasteiger partial charge in [-0.15, -0.1) is 0 Å². The van der Waals surface area contributed by atoms with Gasteiger partial charge in [0.2, 0.25) is 5.91 Å². The molecule has 0 atom stereocenters. The number of nitrogen functional groups attached to an aromatic ring is 1. The number of hydrogen-bond donors (Lipinski definition) is 1. The third-order valence-electron chi connectivity index (χ3n) is 3.46. The highest BCUT2D eigenvalue weighted by molar-refractivity contribution is 5.78. The molecule has 1 aliphatic rings. The summed E-state index contributed by atoms with van der Waals surface area (Å²) in [6.45, 7) is 3.54. The van der Waals surface area contributed by atoms with Crippen molar-refractivity contribution in [2.24, 2.45) is 0 Å². The van der Waals surface area contributed by atoms with E-state index in [-0.39, 0.29) is 5.91 Å². The molecule has 0 saturated carbocycles. The lowest BCUT2D eigenvalue weighted by molar-refractivity contribution is -0.131. The van der Waals surface area contributed by atoms with Crippen LogP contribution in [0.2, 0.25) is 0 Å². The number of nitrogens with two attached hydrogens (primary N) is 1. The zero-order chi connectivity index (χ0) is 14.4. The van der Waals surface area contributed by atoms with Gasteiger partial charge in [0.05, 0.1) is 6.54 Å². The van der Waals surface area contributed by atoms with Crippen LogP contribution in [0.4, 0.5) is 5.69 Å². The summed E-state index contributed by atoms with van der Waals surface area (Å²) in [6.07, 6.45) is 2.27. The average molecular weight is 277 g/mol. The van der Waals surface area contributed by atoms with E-state index in [4.69, 9.17) is 10.5 Å². The molecule has 20 heavy (non-hydrogen) atoms. The van der Waals surface area contributed by atoms with Crippen molar-refractivity contribution in [1.29, 1.82) is 0 Å². The molecule has 1 heterocycles. The zero-order valence-electron chi connectivity index (χ0n) is 12.0. The van der Waals surface area contributed by atoms with Gasteiger partial charge in [0.1, 0.15) is 12.4 Å². The summed E-state index contributed by atoms with van der Waals surface area (Å²) in [4.78, 5) is 15.9. The Balaban J connectivity index is 1.67. The number of amides is 1. The lowest BCUT2D eigenvalue weighted by Crippen LogP contribution is -2.38. The Hall–Kier alpha value is -1.75. The molecule has 5 heteroatoms. The van der Waals surface area contributed by atoms with Gasteiger partial charge in [0.15, 0.2) is 0 Å². The van der Waals surface area contributed by atoms with Crippen LogP contribution in [0.3, 0.4) is 0 Å². The average Bonchev–Trinajstić information content (AvgIpc) is 2.92. The number of carbonyl (C=O) groups excluding carboxylic acids is 1. The summed E-state index contributed by atoms with van der Waals surface area (Å²) in [6, 6.07) is 7.38. The van der Waals surface area contributed by atoms with E-state index in [1.165, 1.54) is 0 Å². The number of likely N-dealkylation sites (N-methyl/N-ethyl adjacent to an activating group) is 1. The first-order valence-electron chi connectivity index (χ1n) is 7.10. The summed E-state index contributed by atoms with van der Waals surface area (Å²) in [5, 5.41) is 0. The molecule has 0 unspecified atom stereocenters. The molecule has 110 valence electrons. The van der Waals surface area contributed by atoms with E-state index in [2.05, 4.69) is 0 Å². The van der Waals surface area contributed by atoms with Gasteiger partial charge >= 0.3 is 0 Å². The van der Waals surface area contributed by atoms with Crippen LogP contribution in [0.5, 0.6) is 5.75 Å². The van der Waals surface area contributed by atoms with Gasteiger partial charge in [0.25, 0.3) is 0 Å². The van der Waals surface area contributed by atoms with Gasteiger partial charge in [-0.1, -0.05) is 6.07 Å². The van der Waals surface area contributed by atoms with Gasteiger partial charge in [-0.3, -0.25) is 9.69 Å². The minimum Gasteiger partial charge on any atom is -0.492 e. The maximum Gasteiger partial charge on any atom is 0.236 e. The van der Waals surface area contributed by atoms with Crippen molar-refractivity contribution in [2.45, 2.75) is 12.8 Å². The highest BCUT2D eigenvalue weighted by Gasteiger charge is 2.18. The minimum absolute atomic E-state index is 0.217. The summed E-state index contributed by atoms with van der Waals surface area (Å²) in [7, 11) is 1.94. The van der Waals surface area contributed by atoms with Crippen molar-refractivity contribution in [3.8, 4) is 5.75 Å². The monoisotopic (exact) mass is 277 g/mol. The van der Waals surface area contributed by atoms with Gasteiger partial charge in [0, 0.05) is 31.4 Å². The highest BCUT2D eigenvalue weighted by Crippen LogP contribution is 2.14. The molecule has 1 aliphatic heterocycles. The van der Waals surface area contributed by atoms with E-state index >= 15 is 0 Å². The number of rotatable bonds is 6. The van der Waals surface area contributed by atoms with Crippen molar-refractivity contribution in [3.05, 3.63) is 24.3 Å². The molecule has 0 bridgehead atoms. The Morgan fingerprint density at radius 1 is 1.40 bits per heavy atom. The Kier molecular flexibility index (Phi) is 5.24. The first-order chi connectivity index (χ1) is 9.65. The first-order valence-corrected chi connectivity index (χ1v) is 7.10. The first kappa shape index (κ1) is 14.7. The second-order valence-electron chi connectivity index (χ2n) is 5.25. The number of carbonyl (C=O) groups is 1. The summed E-state index contributed by atoms with van der Waals surface area (Å²) >= 11 is 0. The Labute approximate surface area is 120 Å². The van der Waals surface area contributed by atoms with Crippen LogP contribution in [-0.4, -0.2) is 55.5 Å². The van der Waals surface area contributed by atoms with E-state index < -0.39 is 0 Å². The number of hydrogen-bond acceptors (Lipinski definition) is 4. The molecule has 1 aromatic rings. The van der Waals surface area contributed by atoms with Crippen LogP contribution in [0.25, 0.3) is 0 Å². The van der Waals surface area contributed by atoms with E-state index in [1.54, 1.807) is 6.07 Å². The molecular weight excluding hydrogens is 254 g/mol. The number of benzene rings is 1. The molecule has 0 radical (unpaired) electrons. The number of anilines is 1. The molecular formula is C15H23N3O2. The molecule has 2 N–H and O–H groups in total. The predicted octanol–water partition coefficient (Wildman–Crippen LogP) is 1.20. The molecule has 1 amide bonds. The van der Waals surface area contributed by atoms with Crippen molar-refractivity contribution >= 4 is 11.6 Å². The molecule has 0 spiro atoms. The highest BCUT2D eigenvalue weighted by atomic mass is 16.5. The predicted molar refractivity (Wildman–Crippen MR) is 79.7 cm³/mol. The number of likely N-dealkylation sites (tertiary alicyclic amines) is 1. The van der Waals surface area contributed by atoms with Crippen LogP contribution in [0, 0.1) is 0 Å². The Morgan fingerprint density at radius 2 is 2.15 bits per heavy atom. The third-order valence-corrected chi connectivity index (χ3v) is 3.46. The van der Waals surface area contributed by atoms with Crippen molar-refractivity contribution in [2.75, 3.05) is 45.6 Å². The molecule has 1 saturated heterocycles. The van der Waals surface area contributed by atoms with Crippen LogP contribution in [0.15, 0.2) is 24.3 Å². The summed E-state index contributed by atoms with van der Waals surface area (Å²) < 4.78 is 5.62. The van der Waals surface area contributed by atoms with Gasteiger partial charge < -0.3 is 15.4 Å². The standard InChI is InChI=1S/C15H23N3O2/c1-17(12-15(19)18-7-2-3-8-18)9-10-20-14-6-4-5-13(16)11-14/h4-6,11H,2-3,7-10,12,16H2,1H3. The molecule has 0 aromatic heterocycles. The van der Waals surface area contributed by atoms with E-state index in [0.29, 0.717) is 25.4 Å². The van der Waals surface area contributed by atoms with Gasteiger partial charge in [-0.05, 0) is 32.0 Å². The van der Waals surface area contributed by atoms with Gasteiger partial charge in [-0.25, -0.2) is 0 Å². The Bertz CT molecular complexity index is 444. The van der Waals surface area contributed by atoms with E-state index in [0.717, 1.165) is 31.7 Å². The molecule has 1 aromatic carbocycles. The zero-order valence-corrected chi connectivity index (χ0v) is 12.0. The second kappa shape index (κ2) is 7.14. The van der Waals surface area contributed by atoms with Crippen LogP contribution < -0.4 is 10.5 Å². The van der Waals surface area contributed by atoms with Crippen LogP contribution in [0.1, 0.15) is 12.8 Å². The fraction of sp³-hybridized carbons (Fsp3) is 0.533. The maximum atomic E-state index is 12.0. The largest absolute Gasteiger partial charge is 0.492 e. The molecule has 2 rings (SSSR count). The second-order valence-corrected chi connectivity index (χ2v) is 5.25. The van der Waals surface area contributed by atoms with Crippen molar-refractivity contribution < 1.29 is 9.53 Å². The molecule has 5 nitrogen and oxygen atoms in total. The quantitative estimate of drug-likeness (QED) is 0.794. The number of nitrogens with zero attached hydrogens (tertiary/aromatic N) is 2. The molecule has 1 fully saturated rings. The summed E-state index contributed by atoms with van der Waals surface area (Å²) in [5.41, 5.74) is 6.38. The Morgan fingerprint density at radius 3 is 2.85 bits per heavy atom. The lowest BCUT2D eigenvalue weighted by Gasteiger charge is -2.21. The fourth-order valence-corrected chi connectivity index (χ4v) is 2.30. The summed E-state index contributed by atoms with van der Waals surface area (Å²) in [5.74, 6) is 0.984. The molecule has 0 aliphatic carbocycles. The maximum absolute atomic E-state index is 12.0. The van der Waals surface area contributed by atoms with Gasteiger partial charge in [-0.2, -0.15) is 0 Å². The van der Waals surface area contributed by atoms with Crippen LogP contribution >= 0.6 is 0 Å². The lowest BCUT2D eigenvalue weighted by atomic mass is 10.3. The smallest absolute Gasteiger partial charge is 0.236 e. The van der Waals surface area contributed by atoms with Crippen molar-refractivity contribution in [3.63, 3.8) is 0 Å². The third kappa shape index (κ3) is 4.42. The number of ether oxygens (including phenoxy) is 1. The normalized spacial score (nSPS) is 14.8. The minimum atomic E-state index is 0.217. The SMILES string of the molecule is CN(CCOc1cccc(N)c1)CC(=O)N1CCCC1. The fourth-order valence-electron chi connectivity index (χ4n) is 2.30. The topological polar surface area (TPSA) is 58.8 Å². The van der Waals surface area contributed by atoms with Crippen molar-refractivity contribution in [1.82, 2.24) is 9.80 Å². The van der Waals surface area contributed by atoms with E-state index in [1.807, 2.05) is 35.0 Å². The van der Waals surface area contributed by atoms with E-state index in [9.17, 15) is 4.79 Å². The van der Waals surface area contributed by atoms with Crippen LogP contribution in [-0.2, 0) is 4.79 Å².